The number of aromatic nitrogens is 3. The maximum Gasteiger partial charge on any atom is 0.239 e. The second-order valence-electron chi connectivity index (χ2n) is 7.26. The van der Waals surface area contributed by atoms with E-state index in [9.17, 15) is 4.79 Å². The number of carbonyl (C=O) groups excluding carboxylic acids is 1. The minimum absolute atomic E-state index is 0.0566. The second-order valence-corrected chi connectivity index (χ2v) is 9.32. The van der Waals surface area contributed by atoms with Crippen LogP contribution in [0.2, 0.25) is 0 Å². The molecule has 0 saturated carbocycles. The largest absolute Gasteiger partial charge is 0.285 e. The van der Waals surface area contributed by atoms with Crippen LogP contribution in [0, 0.1) is 20.8 Å². The van der Waals surface area contributed by atoms with Gasteiger partial charge in [-0.05, 0) is 51.1 Å². The number of thioether (sulfide) groups is 1. The third kappa shape index (κ3) is 4.74. The predicted octanol–water partition coefficient (Wildman–Crippen LogP) is 5.24. The van der Waals surface area contributed by atoms with Crippen molar-refractivity contribution >= 4 is 44.4 Å². The Morgan fingerprint density at radius 2 is 1.87 bits per heavy atom. The van der Waals surface area contributed by atoms with E-state index >= 15 is 0 Å². The van der Waals surface area contributed by atoms with Crippen molar-refractivity contribution in [2.24, 2.45) is 0 Å². The first-order chi connectivity index (χ1) is 14.5. The van der Waals surface area contributed by atoms with Crippen LogP contribution in [0.15, 0.2) is 59.5 Å². The quantitative estimate of drug-likeness (QED) is 0.372. The lowest BCUT2D eigenvalue weighted by Gasteiger charge is -2.20. The number of hydrogen-bond donors (Lipinski definition) is 0. The van der Waals surface area contributed by atoms with E-state index in [0.717, 1.165) is 31.6 Å². The predicted molar refractivity (Wildman–Crippen MR) is 126 cm³/mol. The number of nitrogens with zero attached hydrogens (tertiary/aromatic N) is 4. The fraction of sp³-hybridized carbons (Fsp3) is 0.261. The van der Waals surface area contributed by atoms with Crippen molar-refractivity contribution in [3.8, 4) is 0 Å². The molecule has 2 heterocycles. The number of thiazole rings is 1. The highest BCUT2D eigenvalue weighted by Gasteiger charge is 2.20. The Labute approximate surface area is 184 Å². The van der Waals surface area contributed by atoms with E-state index in [1.165, 1.54) is 5.56 Å². The fourth-order valence-corrected chi connectivity index (χ4v) is 5.04. The van der Waals surface area contributed by atoms with Gasteiger partial charge in [0, 0.05) is 17.1 Å². The molecule has 0 aliphatic heterocycles. The summed E-state index contributed by atoms with van der Waals surface area (Å²) >= 11 is 3.12. The van der Waals surface area contributed by atoms with E-state index < -0.39 is 0 Å². The number of hydrogen-bond acceptors (Lipinski definition) is 5. The molecule has 0 N–H and O–H groups in total. The summed E-state index contributed by atoms with van der Waals surface area (Å²) in [6.45, 7) is 7.26. The van der Waals surface area contributed by atoms with Crippen LogP contribution >= 0.6 is 23.1 Å². The van der Waals surface area contributed by atoms with Crippen molar-refractivity contribution < 1.29 is 4.79 Å². The first-order valence-electron chi connectivity index (χ1n) is 9.86. The molecule has 0 aliphatic carbocycles. The van der Waals surface area contributed by atoms with Gasteiger partial charge < -0.3 is 0 Å². The summed E-state index contributed by atoms with van der Waals surface area (Å²) in [5.74, 6) is 0.428. The minimum Gasteiger partial charge on any atom is -0.285 e. The molecule has 0 bridgehead atoms. The van der Waals surface area contributed by atoms with E-state index in [-0.39, 0.29) is 5.91 Å². The van der Waals surface area contributed by atoms with Crippen molar-refractivity contribution in [2.45, 2.75) is 32.2 Å². The van der Waals surface area contributed by atoms with Gasteiger partial charge in [0.2, 0.25) is 5.91 Å². The number of carbonyl (C=O) groups is 1. The van der Waals surface area contributed by atoms with Crippen molar-refractivity contribution in [3.05, 3.63) is 71.5 Å². The maximum atomic E-state index is 13.2. The Morgan fingerprint density at radius 3 is 2.57 bits per heavy atom. The second kappa shape index (κ2) is 9.02. The zero-order chi connectivity index (χ0) is 21.1. The third-order valence-corrected chi connectivity index (χ3v) is 6.89. The van der Waals surface area contributed by atoms with Gasteiger partial charge in [-0.1, -0.05) is 41.2 Å². The van der Waals surface area contributed by atoms with Crippen molar-refractivity contribution in [3.63, 3.8) is 0 Å². The highest BCUT2D eigenvalue weighted by Crippen LogP contribution is 2.29. The lowest BCUT2D eigenvalue weighted by Crippen LogP contribution is -2.35. The van der Waals surface area contributed by atoms with E-state index in [1.54, 1.807) is 23.1 Å². The number of para-hydroxylation sites is 1. The van der Waals surface area contributed by atoms with Crippen LogP contribution in [0.1, 0.15) is 17.0 Å². The molecule has 0 unspecified atom stereocenters. The average Bonchev–Trinajstić information content (AvgIpc) is 3.30. The summed E-state index contributed by atoms with van der Waals surface area (Å²) in [6, 6.07) is 18.3. The van der Waals surface area contributed by atoms with Crippen LogP contribution in [-0.4, -0.2) is 33.0 Å². The summed E-state index contributed by atoms with van der Waals surface area (Å²) in [7, 11) is 0. The standard InChI is InChI=1S/C23H24N4OS2/c1-16-8-10-19(11-9-16)29-15-22(28)26(12-13-27-18(3)14-17(2)25-27)23-24-20-6-4-5-7-21(20)30-23/h4-11,14H,12-13,15H2,1-3H3. The molecule has 0 aliphatic rings. The molecule has 0 radical (unpaired) electrons. The molecular formula is C23H24N4OS2. The van der Waals surface area contributed by atoms with Crippen LogP contribution in [-0.2, 0) is 11.3 Å². The highest BCUT2D eigenvalue weighted by atomic mass is 32.2. The Bertz CT molecular complexity index is 1130. The number of amides is 1. The van der Waals surface area contributed by atoms with E-state index in [2.05, 4.69) is 42.4 Å². The number of aryl methyl sites for hydroxylation is 3. The topological polar surface area (TPSA) is 51.0 Å². The van der Waals surface area contributed by atoms with Crippen LogP contribution in [0.3, 0.4) is 0 Å². The highest BCUT2D eigenvalue weighted by molar-refractivity contribution is 8.00. The van der Waals surface area contributed by atoms with Crippen LogP contribution in [0.5, 0.6) is 0 Å². The zero-order valence-electron chi connectivity index (χ0n) is 17.3. The number of benzene rings is 2. The summed E-state index contributed by atoms with van der Waals surface area (Å²) < 4.78 is 3.04. The molecule has 7 heteroatoms. The molecule has 1 amide bonds. The SMILES string of the molecule is Cc1ccc(SCC(=O)N(CCn2nc(C)cc2C)c2nc3ccccc3s2)cc1. The van der Waals surface area contributed by atoms with Crippen molar-refractivity contribution in [1.82, 2.24) is 14.8 Å². The molecule has 5 nitrogen and oxygen atoms in total. The Morgan fingerprint density at radius 1 is 1.10 bits per heavy atom. The van der Waals surface area contributed by atoms with Crippen LogP contribution in [0.25, 0.3) is 10.2 Å². The molecule has 0 spiro atoms. The van der Waals surface area contributed by atoms with Gasteiger partial charge in [0.05, 0.1) is 28.2 Å². The number of anilines is 1. The number of fused-ring (bicyclic) bond motifs is 1. The monoisotopic (exact) mass is 436 g/mol. The lowest BCUT2D eigenvalue weighted by atomic mass is 10.2. The van der Waals surface area contributed by atoms with Crippen LogP contribution in [0.4, 0.5) is 5.13 Å². The van der Waals surface area contributed by atoms with Gasteiger partial charge in [-0.15, -0.1) is 11.8 Å². The molecule has 0 atom stereocenters. The first kappa shape index (κ1) is 20.6. The van der Waals surface area contributed by atoms with Gasteiger partial charge in [0.1, 0.15) is 0 Å². The Kier molecular flexibility index (Phi) is 6.20. The molecule has 4 aromatic rings. The molecule has 4 rings (SSSR count). The van der Waals surface area contributed by atoms with Gasteiger partial charge >= 0.3 is 0 Å². The van der Waals surface area contributed by atoms with Crippen LogP contribution < -0.4 is 4.90 Å². The first-order valence-corrected chi connectivity index (χ1v) is 11.7. The van der Waals surface area contributed by atoms with Gasteiger partial charge in [-0.3, -0.25) is 14.4 Å². The van der Waals surface area contributed by atoms with Gasteiger partial charge in [0.15, 0.2) is 5.13 Å². The van der Waals surface area contributed by atoms with Gasteiger partial charge in [-0.25, -0.2) is 4.98 Å². The molecule has 0 fully saturated rings. The van der Waals surface area contributed by atoms with E-state index in [4.69, 9.17) is 4.98 Å². The molecule has 30 heavy (non-hydrogen) atoms. The minimum atomic E-state index is 0.0566. The normalized spacial score (nSPS) is 11.2. The smallest absolute Gasteiger partial charge is 0.239 e. The average molecular weight is 437 g/mol. The van der Waals surface area contributed by atoms with Crippen molar-refractivity contribution in [1.29, 1.82) is 0 Å². The Balaban J connectivity index is 1.54. The van der Waals surface area contributed by atoms with Gasteiger partial charge in [0.25, 0.3) is 0 Å². The molecular weight excluding hydrogens is 412 g/mol. The van der Waals surface area contributed by atoms with E-state index in [0.29, 0.717) is 18.8 Å². The lowest BCUT2D eigenvalue weighted by molar-refractivity contribution is -0.116. The molecule has 0 saturated heterocycles. The summed E-state index contributed by atoms with van der Waals surface area (Å²) in [5, 5.41) is 5.28. The Hall–Kier alpha value is -2.64. The molecule has 2 aromatic heterocycles. The zero-order valence-corrected chi connectivity index (χ0v) is 19.0. The molecule has 154 valence electrons. The third-order valence-electron chi connectivity index (χ3n) is 4.84. The summed E-state index contributed by atoms with van der Waals surface area (Å²) in [4.78, 5) is 20.8. The fourth-order valence-electron chi connectivity index (χ4n) is 3.26. The molecule has 2 aromatic carbocycles. The maximum absolute atomic E-state index is 13.2. The summed E-state index contributed by atoms with van der Waals surface area (Å²) in [6.07, 6.45) is 0. The van der Waals surface area contributed by atoms with Gasteiger partial charge in [-0.2, -0.15) is 5.10 Å². The van der Waals surface area contributed by atoms with Crippen molar-refractivity contribution in [2.75, 3.05) is 17.2 Å². The van der Waals surface area contributed by atoms with E-state index in [1.807, 2.05) is 47.7 Å². The number of rotatable bonds is 7. The summed E-state index contributed by atoms with van der Waals surface area (Å²) in [5.41, 5.74) is 4.22.